The van der Waals surface area contributed by atoms with Crippen LogP contribution in [0.3, 0.4) is 0 Å². The van der Waals surface area contributed by atoms with Crippen LogP contribution in [-0.4, -0.2) is 64.5 Å². The highest BCUT2D eigenvalue weighted by molar-refractivity contribution is 7.99. The lowest BCUT2D eigenvalue weighted by Gasteiger charge is -2.44. The number of benzene rings is 2. The molecule has 3 aromatic rings. The lowest BCUT2D eigenvalue weighted by molar-refractivity contribution is -0.130. The van der Waals surface area contributed by atoms with E-state index in [1.165, 1.54) is 18.2 Å². The summed E-state index contributed by atoms with van der Waals surface area (Å²) >= 11 is 1.57. The largest absolute Gasteiger partial charge is 0.379 e. The van der Waals surface area contributed by atoms with Crippen LogP contribution < -0.4 is 10.6 Å². The Labute approximate surface area is 230 Å². The van der Waals surface area contributed by atoms with Crippen LogP contribution in [0.25, 0.3) is 22.0 Å². The zero-order valence-electron chi connectivity index (χ0n) is 22.4. The molecule has 5 rings (SSSR count). The number of aromatic nitrogens is 2. The number of thioether (sulfide) groups is 1. The van der Waals surface area contributed by atoms with Gasteiger partial charge in [-0.15, -0.1) is 11.8 Å². The monoisotopic (exact) mass is 547 g/mol. The molecule has 202 valence electrons. The quantitative estimate of drug-likeness (QED) is 0.454. The van der Waals surface area contributed by atoms with Crippen molar-refractivity contribution in [3.05, 3.63) is 64.3 Å². The molecule has 0 aliphatic carbocycles. The average Bonchev–Trinajstić information content (AvgIpc) is 3.11. The molecule has 8 nitrogen and oxygen atoms in total. The molecule has 0 bridgehead atoms. The molecule has 2 aromatic carbocycles. The molecule has 1 aromatic heterocycles. The Morgan fingerprint density at radius 1 is 1.26 bits per heavy atom. The van der Waals surface area contributed by atoms with Gasteiger partial charge in [0.1, 0.15) is 11.6 Å². The predicted molar refractivity (Wildman–Crippen MR) is 151 cm³/mol. The Balaban J connectivity index is 1.77. The molecule has 2 aliphatic heterocycles. The number of anilines is 1. The van der Waals surface area contributed by atoms with Crippen LogP contribution in [0.4, 0.5) is 10.2 Å². The van der Waals surface area contributed by atoms with Crippen LogP contribution in [0, 0.1) is 24.1 Å². The van der Waals surface area contributed by atoms with E-state index in [4.69, 9.17) is 4.74 Å². The molecule has 1 amide bonds. The minimum atomic E-state index is -0.479. The number of hydrogen-bond donors (Lipinski definition) is 0. The Bertz CT molecular complexity index is 1580. The summed E-state index contributed by atoms with van der Waals surface area (Å²) in [6.45, 7) is 10.9. The second-order valence-corrected chi connectivity index (χ2v) is 11.2. The molecule has 0 spiro atoms. The summed E-state index contributed by atoms with van der Waals surface area (Å²) in [5.41, 5.74) is 2.88. The van der Waals surface area contributed by atoms with Gasteiger partial charge in [0.2, 0.25) is 5.91 Å². The number of carbonyl (C=O) groups is 1. The van der Waals surface area contributed by atoms with Gasteiger partial charge in [0.05, 0.1) is 29.8 Å². The minimum Gasteiger partial charge on any atom is -0.379 e. The van der Waals surface area contributed by atoms with E-state index < -0.39 is 5.82 Å². The highest BCUT2D eigenvalue weighted by atomic mass is 32.2. The molecule has 2 aliphatic rings. The first kappa shape index (κ1) is 26.9. The van der Waals surface area contributed by atoms with Crippen molar-refractivity contribution in [1.29, 1.82) is 5.26 Å². The van der Waals surface area contributed by atoms with E-state index in [1.54, 1.807) is 29.5 Å². The van der Waals surface area contributed by atoms with Gasteiger partial charge in [0.25, 0.3) is 0 Å². The molecular weight excluding hydrogens is 517 g/mol. The normalized spacial score (nSPS) is 21.0. The number of aryl methyl sites for hydroxylation is 1. The zero-order valence-corrected chi connectivity index (χ0v) is 23.2. The SMILES string of the molecule is C=CC(=O)N1[C@H](C)CN(c2nc(=O)n3c4c(c(-c5ccc(F)cc5C#N)c(C)cc24)SC[C@@H](OC)C3)C[C@@H]1C. The number of rotatable bonds is 4. The van der Waals surface area contributed by atoms with Crippen LogP contribution in [0.2, 0.25) is 0 Å². The summed E-state index contributed by atoms with van der Waals surface area (Å²) in [5, 5.41) is 10.6. The predicted octanol–water partition coefficient (Wildman–Crippen LogP) is 4.12. The van der Waals surface area contributed by atoms with Crippen molar-refractivity contribution in [2.45, 2.75) is 50.4 Å². The highest BCUT2D eigenvalue weighted by Crippen LogP contribution is 2.44. The number of carbonyl (C=O) groups excluding carboxylic acids is 1. The molecule has 10 heteroatoms. The van der Waals surface area contributed by atoms with Gasteiger partial charge in [-0.25, -0.2) is 9.18 Å². The minimum absolute atomic E-state index is 0.112. The van der Waals surface area contributed by atoms with Crippen molar-refractivity contribution in [3.8, 4) is 17.2 Å². The van der Waals surface area contributed by atoms with Crippen molar-refractivity contribution >= 4 is 34.4 Å². The van der Waals surface area contributed by atoms with E-state index in [0.717, 1.165) is 26.9 Å². The topological polar surface area (TPSA) is 91.5 Å². The fourth-order valence-corrected chi connectivity index (χ4v) is 7.21. The lowest BCUT2D eigenvalue weighted by Crippen LogP contribution is -2.58. The van der Waals surface area contributed by atoms with Crippen molar-refractivity contribution in [2.75, 3.05) is 30.9 Å². The number of piperazine rings is 1. The Hall–Kier alpha value is -3.68. The van der Waals surface area contributed by atoms with Gasteiger partial charge in [-0.3, -0.25) is 9.36 Å². The van der Waals surface area contributed by atoms with Crippen molar-refractivity contribution < 1.29 is 13.9 Å². The number of halogens is 1. The van der Waals surface area contributed by atoms with Gasteiger partial charge in [0.15, 0.2) is 0 Å². The lowest BCUT2D eigenvalue weighted by atomic mass is 9.94. The first-order chi connectivity index (χ1) is 18.7. The molecule has 39 heavy (non-hydrogen) atoms. The van der Waals surface area contributed by atoms with Gasteiger partial charge in [0, 0.05) is 59.4 Å². The number of nitrogens with zero attached hydrogens (tertiary/aromatic N) is 5. The Morgan fingerprint density at radius 3 is 2.62 bits per heavy atom. The molecule has 3 heterocycles. The third-order valence-electron chi connectivity index (χ3n) is 7.55. The first-order valence-corrected chi connectivity index (χ1v) is 13.8. The number of methoxy groups -OCH3 is 1. The van der Waals surface area contributed by atoms with Gasteiger partial charge in [-0.1, -0.05) is 12.6 Å². The summed E-state index contributed by atoms with van der Waals surface area (Å²) in [6, 6.07) is 8.12. The van der Waals surface area contributed by atoms with Crippen molar-refractivity contribution in [3.63, 3.8) is 0 Å². The molecular formula is C29H30FN5O3S. The maximum absolute atomic E-state index is 14.0. The molecule has 0 radical (unpaired) electrons. The highest BCUT2D eigenvalue weighted by Gasteiger charge is 2.34. The third-order valence-corrected chi connectivity index (χ3v) is 8.77. The summed E-state index contributed by atoms with van der Waals surface area (Å²) in [5.74, 6) is 0.569. The second kappa shape index (κ2) is 10.5. The Morgan fingerprint density at radius 2 is 1.97 bits per heavy atom. The number of nitriles is 1. The van der Waals surface area contributed by atoms with Crippen LogP contribution in [0.5, 0.6) is 0 Å². The van der Waals surface area contributed by atoms with Gasteiger partial charge < -0.3 is 14.5 Å². The van der Waals surface area contributed by atoms with Crippen molar-refractivity contribution in [2.24, 2.45) is 0 Å². The van der Waals surface area contributed by atoms with Gasteiger partial charge >= 0.3 is 5.69 Å². The smallest absolute Gasteiger partial charge is 0.350 e. The van der Waals surface area contributed by atoms with E-state index in [0.29, 0.717) is 36.8 Å². The van der Waals surface area contributed by atoms with Crippen molar-refractivity contribution in [1.82, 2.24) is 14.5 Å². The van der Waals surface area contributed by atoms with Crippen LogP contribution >= 0.6 is 11.8 Å². The van der Waals surface area contributed by atoms with E-state index in [9.17, 15) is 19.2 Å². The molecule has 3 atom stereocenters. The fourth-order valence-electron chi connectivity index (χ4n) is 5.85. The van der Waals surface area contributed by atoms with E-state index >= 15 is 0 Å². The first-order valence-electron chi connectivity index (χ1n) is 12.8. The van der Waals surface area contributed by atoms with Crippen LogP contribution in [0.1, 0.15) is 25.0 Å². The Kier molecular flexibility index (Phi) is 7.23. The number of ether oxygens (including phenoxy) is 1. The summed E-state index contributed by atoms with van der Waals surface area (Å²) in [4.78, 5) is 35.4. The second-order valence-electron chi connectivity index (χ2n) is 10.1. The van der Waals surface area contributed by atoms with E-state index in [2.05, 4.69) is 22.5 Å². The summed E-state index contributed by atoms with van der Waals surface area (Å²) < 4.78 is 21.4. The maximum Gasteiger partial charge on any atom is 0.350 e. The average molecular weight is 548 g/mol. The van der Waals surface area contributed by atoms with Crippen LogP contribution in [0.15, 0.2) is 46.6 Å². The van der Waals surface area contributed by atoms with E-state index in [1.807, 2.05) is 31.7 Å². The molecule has 1 saturated heterocycles. The standard InChI is InChI=1S/C29H30FN5O3S/c1-6-24(36)35-17(3)12-33(13-18(35)4)28-23-9-16(2)25(22-8-7-20(30)10-19(22)11-31)27-26(23)34(29(37)32-28)14-21(38-5)15-39-27/h6-10,17-18,21H,1,12-15H2,2-5H3/t17-,18+,21-/m0/s1. The maximum atomic E-state index is 14.0. The zero-order chi connectivity index (χ0) is 28.0. The number of hydrogen-bond acceptors (Lipinski definition) is 7. The summed E-state index contributed by atoms with van der Waals surface area (Å²) in [6.07, 6.45) is 1.11. The van der Waals surface area contributed by atoms with E-state index in [-0.39, 0.29) is 35.3 Å². The molecule has 0 saturated carbocycles. The number of amides is 1. The fraction of sp³-hybridized carbons (Fsp3) is 0.379. The molecule has 0 unspecified atom stereocenters. The molecule has 0 N–H and O–H groups in total. The molecule has 1 fully saturated rings. The third kappa shape index (κ3) is 4.60. The van der Waals surface area contributed by atoms with Crippen LogP contribution in [-0.2, 0) is 16.1 Å². The summed E-state index contributed by atoms with van der Waals surface area (Å²) in [7, 11) is 1.62. The van der Waals surface area contributed by atoms with Gasteiger partial charge in [-0.2, -0.15) is 10.2 Å². The van der Waals surface area contributed by atoms with Gasteiger partial charge in [-0.05, 0) is 50.6 Å².